The van der Waals surface area contributed by atoms with E-state index in [9.17, 15) is 9.59 Å². The van der Waals surface area contributed by atoms with Gasteiger partial charge in [0.2, 0.25) is 5.91 Å². The first kappa shape index (κ1) is 12.4. The van der Waals surface area contributed by atoms with Crippen molar-refractivity contribution in [1.29, 1.82) is 0 Å². The summed E-state index contributed by atoms with van der Waals surface area (Å²) in [6.45, 7) is 1.95. The van der Waals surface area contributed by atoms with Crippen LogP contribution in [0, 0.1) is 5.92 Å². The number of rotatable bonds is 3. The molecule has 0 aromatic heterocycles. The number of aliphatic carboxylic acids is 1. The van der Waals surface area contributed by atoms with Gasteiger partial charge < -0.3 is 15.2 Å². The zero-order valence-corrected chi connectivity index (χ0v) is 10.0. The van der Waals surface area contributed by atoms with Crippen LogP contribution in [-0.2, 0) is 14.3 Å². The van der Waals surface area contributed by atoms with Crippen LogP contribution < -0.4 is 5.32 Å². The normalized spacial score (nSPS) is 37.0. The highest BCUT2D eigenvalue weighted by Crippen LogP contribution is 2.27. The predicted molar refractivity (Wildman–Crippen MR) is 60.5 cm³/mol. The highest BCUT2D eigenvalue weighted by Gasteiger charge is 2.36. The number of carbonyl (C=O) groups is 2. The third-order valence-electron chi connectivity index (χ3n) is 3.69. The van der Waals surface area contributed by atoms with E-state index < -0.39 is 11.9 Å². The van der Waals surface area contributed by atoms with Gasteiger partial charge in [0.05, 0.1) is 12.0 Å². The van der Waals surface area contributed by atoms with Gasteiger partial charge in [0.1, 0.15) is 6.10 Å². The van der Waals surface area contributed by atoms with Crippen molar-refractivity contribution in [2.75, 3.05) is 0 Å². The Labute approximate surface area is 101 Å². The van der Waals surface area contributed by atoms with Crippen molar-refractivity contribution in [2.24, 2.45) is 5.92 Å². The van der Waals surface area contributed by atoms with Crippen LogP contribution in [0.5, 0.6) is 0 Å². The Kier molecular flexibility index (Phi) is 3.66. The molecule has 0 radical (unpaired) electrons. The maximum atomic E-state index is 11.9. The quantitative estimate of drug-likeness (QED) is 0.770. The highest BCUT2D eigenvalue weighted by atomic mass is 16.5. The molecule has 0 spiro atoms. The van der Waals surface area contributed by atoms with E-state index in [2.05, 4.69) is 5.32 Å². The van der Waals surface area contributed by atoms with Crippen molar-refractivity contribution >= 4 is 11.9 Å². The molecule has 5 nitrogen and oxygen atoms in total. The lowest BCUT2D eigenvalue weighted by Crippen LogP contribution is -2.44. The topological polar surface area (TPSA) is 75.6 Å². The fourth-order valence-corrected chi connectivity index (χ4v) is 2.70. The molecule has 4 atom stereocenters. The number of carboxylic acid groups (broad SMARTS) is 1. The van der Waals surface area contributed by atoms with Crippen molar-refractivity contribution in [1.82, 2.24) is 5.32 Å². The zero-order chi connectivity index (χ0) is 12.4. The summed E-state index contributed by atoms with van der Waals surface area (Å²) >= 11 is 0. The molecule has 2 fully saturated rings. The molecule has 1 aliphatic carbocycles. The lowest BCUT2D eigenvalue weighted by Gasteiger charge is -2.20. The lowest BCUT2D eigenvalue weighted by molar-refractivity contribution is -0.142. The Morgan fingerprint density at radius 3 is 2.59 bits per heavy atom. The molecule has 1 aliphatic heterocycles. The third kappa shape index (κ3) is 2.77. The standard InChI is InChI=1S/C12H19NO4/c1-7-5-6-10(17-7)11(14)13-9-4-2-3-8(9)12(15)16/h7-10H,2-6H2,1H3,(H,13,14)(H,15,16)/t7-,8+,9-,10-/m1/s1. The van der Waals surface area contributed by atoms with Crippen molar-refractivity contribution in [3.05, 3.63) is 0 Å². The SMILES string of the molecule is C[C@@H]1CC[C@H](C(=O)N[C@@H]2CCC[C@@H]2C(=O)O)O1. The molecule has 2 aliphatic rings. The maximum absolute atomic E-state index is 11.9. The van der Waals surface area contributed by atoms with E-state index in [1.54, 1.807) is 0 Å². The van der Waals surface area contributed by atoms with Gasteiger partial charge in [0.25, 0.3) is 0 Å². The molecule has 1 saturated heterocycles. The predicted octanol–water partition coefficient (Wildman–Crippen LogP) is 0.923. The zero-order valence-electron chi connectivity index (χ0n) is 10.0. The van der Waals surface area contributed by atoms with Crippen LogP contribution >= 0.6 is 0 Å². The maximum Gasteiger partial charge on any atom is 0.308 e. The van der Waals surface area contributed by atoms with Crippen molar-refractivity contribution in [3.8, 4) is 0 Å². The van der Waals surface area contributed by atoms with Gasteiger partial charge in [-0.25, -0.2) is 0 Å². The minimum atomic E-state index is -0.812. The Morgan fingerprint density at radius 2 is 2.00 bits per heavy atom. The Bertz CT molecular complexity index is 318. The molecule has 1 heterocycles. The summed E-state index contributed by atoms with van der Waals surface area (Å²) in [4.78, 5) is 22.9. The van der Waals surface area contributed by atoms with Gasteiger partial charge in [-0.1, -0.05) is 6.42 Å². The average molecular weight is 241 g/mol. The smallest absolute Gasteiger partial charge is 0.308 e. The molecular formula is C12H19NO4. The average Bonchev–Trinajstić information content (AvgIpc) is 2.86. The lowest BCUT2D eigenvalue weighted by atomic mass is 10.0. The van der Waals surface area contributed by atoms with Crippen LogP contribution in [0.25, 0.3) is 0 Å². The van der Waals surface area contributed by atoms with E-state index in [4.69, 9.17) is 9.84 Å². The van der Waals surface area contributed by atoms with Crippen molar-refractivity contribution < 1.29 is 19.4 Å². The minimum Gasteiger partial charge on any atom is -0.481 e. The number of carboxylic acids is 1. The molecule has 1 amide bonds. The molecule has 0 aromatic carbocycles. The molecule has 0 bridgehead atoms. The number of hydrogen-bond acceptors (Lipinski definition) is 3. The van der Waals surface area contributed by atoms with Crippen LogP contribution in [0.4, 0.5) is 0 Å². The third-order valence-corrected chi connectivity index (χ3v) is 3.69. The van der Waals surface area contributed by atoms with E-state index >= 15 is 0 Å². The van der Waals surface area contributed by atoms with Gasteiger partial charge >= 0.3 is 5.97 Å². The van der Waals surface area contributed by atoms with Gasteiger partial charge in [-0.05, 0) is 32.6 Å². The highest BCUT2D eigenvalue weighted by molar-refractivity contribution is 5.82. The first-order valence-corrected chi connectivity index (χ1v) is 6.26. The number of amides is 1. The number of carbonyl (C=O) groups excluding carboxylic acids is 1. The fraction of sp³-hybridized carbons (Fsp3) is 0.833. The largest absolute Gasteiger partial charge is 0.481 e. The summed E-state index contributed by atoms with van der Waals surface area (Å²) in [5.41, 5.74) is 0. The van der Waals surface area contributed by atoms with Crippen molar-refractivity contribution in [2.45, 2.75) is 57.3 Å². The van der Waals surface area contributed by atoms with E-state index in [0.29, 0.717) is 6.42 Å². The fourth-order valence-electron chi connectivity index (χ4n) is 2.70. The van der Waals surface area contributed by atoms with Gasteiger partial charge in [-0.3, -0.25) is 9.59 Å². The first-order chi connectivity index (χ1) is 8.08. The van der Waals surface area contributed by atoms with Crippen LogP contribution in [-0.4, -0.2) is 35.2 Å². The van der Waals surface area contributed by atoms with Crippen LogP contribution in [0.3, 0.4) is 0 Å². The molecule has 1 saturated carbocycles. The van der Waals surface area contributed by atoms with Crippen LogP contribution in [0.2, 0.25) is 0 Å². The first-order valence-electron chi connectivity index (χ1n) is 6.26. The van der Waals surface area contributed by atoms with Gasteiger partial charge in [0, 0.05) is 6.04 Å². The second kappa shape index (κ2) is 5.04. The molecule has 2 rings (SSSR count). The van der Waals surface area contributed by atoms with Crippen molar-refractivity contribution in [3.63, 3.8) is 0 Å². The summed E-state index contributed by atoms with van der Waals surface area (Å²) < 4.78 is 5.47. The van der Waals surface area contributed by atoms with E-state index in [-0.39, 0.29) is 24.2 Å². The summed E-state index contributed by atoms with van der Waals surface area (Å²) in [5.74, 6) is -1.39. The van der Waals surface area contributed by atoms with E-state index in [1.807, 2.05) is 6.92 Å². The Balaban J connectivity index is 1.88. The molecule has 0 unspecified atom stereocenters. The molecule has 17 heavy (non-hydrogen) atoms. The molecule has 0 aromatic rings. The molecule has 96 valence electrons. The molecule has 2 N–H and O–H groups in total. The Hall–Kier alpha value is -1.10. The van der Waals surface area contributed by atoms with Crippen LogP contribution in [0.15, 0.2) is 0 Å². The minimum absolute atomic E-state index is 0.129. The second-order valence-electron chi connectivity index (χ2n) is 5.00. The number of hydrogen-bond donors (Lipinski definition) is 2. The Morgan fingerprint density at radius 1 is 1.24 bits per heavy atom. The summed E-state index contributed by atoms with van der Waals surface area (Å²) in [5, 5.41) is 11.8. The summed E-state index contributed by atoms with van der Waals surface area (Å²) in [6, 6.07) is -0.223. The monoisotopic (exact) mass is 241 g/mol. The summed E-state index contributed by atoms with van der Waals surface area (Å²) in [7, 11) is 0. The summed E-state index contributed by atoms with van der Waals surface area (Å²) in [6.07, 6.45) is 3.64. The van der Waals surface area contributed by atoms with E-state index in [1.165, 1.54) is 0 Å². The molecular weight excluding hydrogens is 222 g/mol. The van der Waals surface area contributed by atoms with E-state index in [0.717, 1.165) is 25.7 Å². The number of ether oxygens (including phenoxy) is 1. The number of nitrogens with one attached hydrogen (secondary N) is 1. The van der Waals surface area contributed by atoms with Gasteiger partial charge in [-0.15, -0.1) is 0 Å². The van der Waals surface area contributed by atoms with Crippen LogP contribution in [0.1, 0.15) is 39.0 Å². The molecule has 5 heteroatoms. The second-order valence-corrected chi connectivity index (χ2v) is 5.00. The van der Waals surface area contributed by atoms with Gasteiger partial charge in [0.15, 0.2) is 0 Å². The van der Waals surface area contributed by atoms with Gasteiger partial charge in [-0.2, -0.15) is 0 Å².